The fourth-order valence-corrected chi connectivity index (χ4v) is 5.41. The number of carbonyl (C=O) groups is 2. The number of halogens is 4. The molecule has 2 amide bonds. The number of carbonyl (C=O) groups excluding carboxylic acids is 2. The first-order valence-electron chi connectivity index (χ1n) is 10.4. The van der Waals surface area contributed by atoms with Gasteiger partial charge in [-0.25, -0.2) is 8.78 Å². The summed E-state index contributed by atoms with van der Waals surface area (Å²) in [6.45, 7) is 7.23. The topological polar surface area (TPSA) is 52.7 Å². The molecule has 0 unspecified atom stereocenters. The Bertz CT molecular complexity index is 1200. The molecule has 0 saturated carbocycles. The quantitative estimate of drug-likeness (QED) is 0.467. The third-order valence-corrected chi connectivity index (χ3v) is 7.36. The second kappa shape index (κ2) is 7.99. The van der Waals surface area contributed by atoms with Gasteiger partial charge in [0.1, 0.15) is 11.6 Å². The monoisotopic (exact) mass is 493 g/mol. The highest BCUT2D eigenvalue weighted by molar-refractivity contribution is 6.42. The molecule has 5 nitrogen and oxygen atoms in total. The Hall–Kier alpha value is -2.64. The van der Waals surface area contributed by atoms with Crippen molar-refractivity contribution in [3.8, 4) is 0 Å². The molecule has 2 aromatic carbocycles. The molecular formula is C24H23Cl2F2N3O2. The molecule has 2 aromatic rings. The lowest BCUT2D eigenvalue weighted by Crippen LogP contribution is -2.41. The average molecular weight is 494 g/mol. The van der Waals surface area contributed by atoms with Gasteiger partial charge >= 0.3 is 0 Å². The lowest BCUT2D eigenvalue weighted by molar-refractivity contribution is -0.125. The number of likely N-dealkylation sites (tertiary alicyclic amines) is 1. The van der Waals surface area contributed by atoms with Gasteiger partial charge in [0.05, 0.1) is 26.7 Å². The number of benzene rings is 2. The summed E-state index contributed by atoms with van der Waals surface area (Å²) in [5.74, 6) is -1.69. The molecule has 1 fully saturated rings. The lowest BCUT2D eigenvalue weighted by Gasteiger charge is -2.34. The van der Waals surface area contributed by atoms with E-state index in [1.54, 1.807) is 27.0 Å². The predicted octanol–water partition coefficient (Wildman–Crippen LogP) is 5.25. The molecule has 2 heterocycles. The molecule has 0 spiro atoms. The second-order valence-corrected chi connectivity index (χ2v) is 9.77. The van der Waals surface area contributed by atoms with Crippen LogP contribution in [0, 0.1) is 11.6 Å². The summed E-state index contributed by atoms with van der Waals surface area (Å²) in [4.78, 5) is 27.9. The molecule has 1 atom stereocenters. The van der Waals surface area contributed by atoms with Crippen molar-refractivity contribution in [2.45, 2.75) is 31.2 Å². The van der Waals surface area contributed by atoms with Crippen LogP contribution in [0.1, 0.15) is 31.4 Å². The minimum atomic E-state index is -1.18. The maximum atomic E-state index is 15.3. The molecule has 2 aliphatic heterocycles. The standard InChI is InChI=1S/C24H23Cl2F2N3O2/c1-5-18(32)31-9-8-24(12-31,20-15(27)7-6-14(25)21(20)26)29-13-10-16(28)19-17(11-13)30(4)22(33)23(19,2)3/h5-7,10-11,29H,1,8-9,12H2,2-4H3/t24-/m1/s1. The number of likely N-dealkylation sites (N-methyl/N-ethyl adjacent to an activating group) is 1. The first kappa shape index (κ1) is 23.5. The zero-order chi connectivity index (χ0) is 24.3. The Morgan fingerprint density at radius 3 is 2.55 bits per heavy atom. The third-order valence-electron chi connectivity index (χ3n) is 6.56. The van der Waals surface area contributed by atoms with Crippen LogP contribution in [0.2, 0.25) is 10.0 Å². The Balaban J connectivity index is 1.85. The normalized spacial score (nSPS) is 21.4. The Labute approximate surface area is 200 Å². The molecule has 33 heavy (non-hydrogen) atoms. The SMILES string of the molecule is C=CC(=O)N1CC[C@](Nc2cc(F)c3c(c2)N(C)C(=O)C3(C)C)(c2c(F)ccc(Cl)c2Cl)C1. The summed E-state index contributed by atoms with van der Waals surface area (Å²) in [6.07, 6.45) is 1.48. The lowest BCUT2D eigenvalue weighted by atomic mass is 9.85. The van der Waals surface area contributed by atoms with Gasteiger partial charge in [-0.15, -0.1) is 0 Å². The molecule has 0 aliphatic carbocycles. The van der Waals surface area contributed by atoms with Crippen molar-refractivity contribution in [3.63, 3.8) is 0 Å². The van der Waals surface area contributed by atoms with Crippen LogP contribution in [-0.4, -0.2) is 36.9 Å². The van der Waals surface area contributed by atoms with Crippen LogP contribution in [0.25, 0.3) is 0 Å². The van der Waals surface area contributed by atoms with Crippen LogP contribution in [0.5, 0.6) is 0 Å². The predicted molar refractivity (Wildman–Crippen MR) is 126 cm³/mol. The van der Waals surface area contributed by atoms with Crippen molar-refractivity contribution >= 4 is 46.4 Å². The maximum Gasteiger partial charge on any atom is 0.246 e. The number of nitrogens with zero attached hydrogens (tertiary/aromatic N) is 2. The van der Waals surface area contributed by atoms with Gasteiger partial charge in [-0.3, -0.25) is 9.59 Å². The van der Waals surface area contributed by atoms with E-state index < -0.39 is 22.6 Å². The van der Waals surface area contributed by atoms with E-state index in [0.717, 1.165) is 0 Å². The molecule has 174 valence electrons. The molecule has 0 bridgehead atoms. The van der Waals surface area contributed by atoms with E-state index in [1.807, 2.05) is 0 Å². The number of nitrogens with one attached hydrogen (secondary N) is 1. The van der Waals surface area contributed by atoms with Crippen molar-refractivity contribution in [2.75, 3.05) is 30.4 Å². The summed E-state index contributed by atoms with van der Waals surface area (Å²) in [7, 11) is 1.59. The van der Waals surface area contributed by atoms with Gasteiger partial charge in [-0.05, 0) is 50.6 Å². The highest BCUT2D eigenvalue weighted by Gasteiger charge is 2.47. The number of rotatable bonds is 4. The van der Waals surface area contributed by atoms with Gasteiger partial charge in [0.15, 0.2) is 0 Å². The first-order valence-corrected chi connectivity index (χ1v) is 11.1. The zero-order valence-corrected chi connectivity index (χ0v) is 19.9. The van der Waals surface area contributed by atoms with E-state index in [9.17, 15) is 9.59 Å². The smallest absolute Gasteiger partial charge is 0.246 e. The fraction of sp³-hybridized carbons (Fsp3) is 0.333. The molecule has 1 saturated heterocycles. The molecule has 2 aliphatic rings. The molecule has 9 heteroatoms. The third kappa shape index (κ3) is 3.58. The van der Waals surface area contributed by atoms with Gasteiger partial charge in [-0.2, -0.15) is 0 Å². The number of fused-ring (bicyclic) bond motifs is 1. The number of hydrogen-bond donors (Lipinski definition) is 1. The summed E-state index contributed by atoms with van der Waals surface area (Å²) in [5.41, 5.74) is -1.03. The van der Waals surface area contributed by atoms with Gasteiger partial charge < -0.3 is 15.1 Å². The molecule has 4 rings (SSSR count). The summed E-state index contributed by atoms with van der Waals surface area (Å²) in [6, 6.07) is 5.50. The Kier molecular flexibility index (Phi) is 5.69. The van der Waals surface area contributed by atoms with Crippen LogP contribution in [0.15, 0.2) is 36.9 Å². The largest absolute Gasteiger partial charge is 0.373 e. The van der Waals surface area contributed by atoms with E-state index in [4.69, 9.17) is 23.2 Å². The van der Waals surface area contributed by atoms with Gasteiger partial charge in [-0.1, -0.05) is 29.8 Å². The van der Waals surface area contributed by atoms with E-state index in [0.29, 0.717) is 29.9 Å². The maximum absolute atomic E-state index is 15.3. The molecular weight excluding hydrogens is 471 g/mol. The second-order valence-electron chi connectivity index (χ2n) is 8.98. The fourth-order valence-electron chi connectivity index (χ4n) is 4.92. The molecule has 1 N–H and O–H groups in total. The van der Waals surface area contributed by atoms with Gasteiger partial charge in [0.2, 0.25) is 11.8 Å². The summed E-state index contributed by atoms with van der Waals surface area (Å²) in [5, 5.41) is 3.42. The summed E-state index contributed by atoms with van der Waals surface area (Å²) < 4.78 is 30.4. The van der Waals surface area contributed by atoms with Crippen LogP contribution in [0.3, 0.4) is 0 Å². The zero-order valence-electron chi connectivity index (χ0n) is 18.4. The highest BCUT2D eigenvalue weighted by Crippen LogP contribution is 2.47. The van der Waals surface area contributed by atoms with Crippen LogP contribution >= 0.6 is 23.2 Å². The van der Waals surface area contributed by atoms with Gasteiger partial charge in [0.25, 0.3) is 0 Å². The van der Waals surface area contributed by atoms with E-state index in [-0.39, 0.29) is 34.0 Å². The first-order chi connectivity index (χ1) is 15.4. The Morgan fingerprint density at radius 2 is 1.88 bits per heavy atom. The van der Waals surface area contributed by atoms with Gasteiger partial charge in [0, 0.05) is 37.0 Å². The van der Waals surface area contributed by atoms with Crippen LogP contribution in [0.4, 0.5) is 20.2 Å². The van der Waals surface area contributed by atoms with Crippen molar-refractivity contribution < 1.29 is 18.4 Å². The van der Waals surface area contributed by atoms with E-state index in [2.05, 4.69) is 11.9 Å². The molecule has 0 radical (unpaired) electrons. The number of anilines is 2. The molecule has 0 aromatic heterocycles. The Morgan fingerprint density at radius 1 is 1.18 bits per heavy atom. The number of hydrogen-bond acceptors (Lipinski definition) is 3. The number of amides is 2. The van der Waals surface area contributed by atoms with Crippen molar-refractivity contribution in [3.05, 3.63) is 69.7 Å². The minimum Gasteiger partial charge on any atom is -0.373 e. The van der Waals surface area contributed by atoms with Crippen LogP contribution in [-0.2, 0) is 20.5 Å². The van der Waals surface area contributed by atoms with Crippen molar-refractivity contribution in [1.29, 1.82) is 0 Å². The van der Waals surface area contributed by atoms with E-state index >= 15 is 8.78 Å². The van der Waals surface area contributed by atoms with Crippen molar-refractivity contribution in [1.82, 2.24) is 4.90 Å². The summed E-state index contributed by atoms with van der Waals surface area (Å²) >= 11 is 12.6. The van der Waals surface area contributed by atoms with E-state index in [1.165, 1.54) is 34.1 Å². The van der Waals surface area contributed by atoms with Crippen molar-refractivity contribution in [2.24, 2.45) is 0 Å². The van der Waals surface area contributed by atoms with Crippen LogP contribution < -0.4 is 10.2 Å². The average Bonchev–Trinajstić information content (AvgIpc) is 3.25. The highest BCUT2D eigenvalue weighted by atomic mass is 35.5. The minimum absolute atomic E-state index is 0.0205.